The Morgan fingerprint density at radius 3 is 2.74 bits per heavy atom. The van der Waals surface area contributed by atoms with Crippen LogP contribution in [0.25, 0.3) is 5.69 Å². The summed E-state index contributed by atoms with van der Waals surface area (Å²) in [5.41, 5.74) is 1.94. The van der Waals surface area contributed by atoms with Crippen LogP contribution in [0.3, 0.4) is 0 Å². The number of carbonyl (C=O) groups excluding carboxylic acids is 1. The fourth-order valence-corrected chi connectivity index (χ4v) is 4.22. The Labute approximate surface area is 156 Å². The third-order valence-electron chi connectivity index (χ3n) is 4.38. The van der Waals surface area contributed by atoms with E-state index in [-0.39, 0.29) is 23.0 Å². The second-order valence-electron chi connectivity index (χ2n) is 6.18. The number of hydrogen-bond donors (Lipinski definition) is 1. The number of imidazole rings is 1. The van der Waals surface area contributed by atoms with Crippen LogP contribution >= 0.6 is 0 Å². The molecular formula is C18H17N5O3S. The van der Waals surface area contributed by atoms with Crippen molar-refractivity contribution < 1.29 is 13.2 Å². The highest BCUT2D eigenvalue weighted by atomic mass is 32.2. The van der Waals surface area contributed by atoms with E-state index in [1.165, 1.54) is 17.3 Å². The molecule has 0 bridgehead atoms. The number of amides is 1. The zero-order valence-electron chi connectivity index (χ0n) is 14.5. The predicted octanol–water partition coefficient (Wildman–Crippen LogP) is 1.33. The molecular weight excluding hydrogens is 366 g/mol. The molecule has 0 spiro atoms. The summed E-state index contributed by atoms with van der Waals surface area (Å²) in [7, 11) is -2.00. The Morgan fingerprint density at radius 2 is 1.96 bits per heavy atom. The largest absolute Gasteiger partial charge is 0.334 e. The van der Waals surface area contributed by atoms with Crippen LogP contribution in [0.15, 0.2) is 59.9 Å². The molecule has 0 saturated heterocycles. The van der Waals surface area contributed by atoms with Gasteiger partial charge in [-0.15, -0.1) is 0 Å². The van der Waals surface area contributed by atoms with Crippen molar-refractivity contribution in [3.63, 3.8) is 0 Å². The molecule has 0 aliphatic carbocycles. The average Bonchev–Trinajstić information content (AvgIpc) is 3.06. The predicted molar refractivity (Wildman–Crippen MR) is 97.6 cm³/mol. The molecule has 27 heavy (non-hydrogen) atoms. The minimum atomic E-state index is -3.66. The molecule has 0 atom stereocenters. The normalized spacial score (nSPS) is 14.7. The second-order valence-corrected chi connectivity index (χ2v) is 7.92. The van der Waals surface area contributed by atoms with Gasteiger partial charge in [0.15, 0.2) is 5.69 Å². The van der Waals surface area contributed by atoms with Crippen LogP contribution in [-0.2, 0) is 23.1 Å². The zero-order valence-corrected chi connectivity index (χ0v) is 15.3. The van der Waals surface area contributed by atoms with Crippen LogP contribution in [0.2, 0.25) is 0 Å². The van der Waals surface area contributed by atoms with Crippen molar-refractivity contribution in [1.29, 1.82) is 0 Å². The summed E-state index contributed by atoms with van der Waals surface area (Å²) in [6.45, 7) is 0.309. The Kier molecular flexibility index (Phi) is 4.25. The monoisotopic (exact) mass is 383 g/mol. The molecule has 0 saturated carbocycles. The number of pyridine rings is 1. The zero-order chi connectivity index (χ0) is 19.0. The molecule has 3 heterocycles. The van der Waals surface area contributed by atoms with Gasteiger partial charge in [-0.3, -0.25) is 14.3 Å². The van der Waals surface area contributed by atoms with Gasteiger partial charge in [0.25, 0.3) is 5.91 Å². The lowest BCUT2D eigenvalue weighted by Crippen LogP contribution is -2.29. The summed E-state index contributed by atoms with van der Waals surface area (Å²) < 4.78 is 29.1. The number of nitrogens with one attached hydrogen (secondary N) is 1. The number of aromatic nitrogens is 3. The average molecular weight is 383 g/mol. The lowest BCUT2D eigenvalue weighted by atomic mass is 10.2. The van der Waals surface area contributed by atoms with E-state index in [2.05, 4.69) is 14.7 Å². The number of nitrogens with zero attached hydrogens (tertiary/aromatic N) is 4. The molecule has 2 aromatic heterocycles. The number of fused-ring (bicyclic) bond motifs is 3. The van der Waals surface area contributed by atoms with Crippen molar-refractivity contribution in [2.24, 2.45) is 0 Å². The molecule has 1 N–H and O–H groups in total. The quantitative estimate of drug-likeness (QED) is 0.736. The van der Waals surface area contributed by atoms with E-state index in [1.807, 2.05) is 18.2 Å². The van der Waals surface area contributed by atoms with Crippen molar-refractivity contribution >= 4 is 15.9 Å². The minimum Gasteiger partial charge on any atom is -0.334 e. The van der Waals surface area contributed by atoms with Crippen LogP contribution in [-0.4, -0.2) is 40.8 Å². The fourth-order valence-electron chi connectivity index (χ4n) is 3.04. The fraction of sp³-hybridized carbons (Fsp3) is 0.167. The number of carbonyl (C=O) groups is 1. The van der Waals surface area contributed by atoms with E-state index in [4.69, 9.17) is 0 Å². The highest BCUT2D eigenvalue weighted by Gasteiger charge is 2.29. The van der Waals surface area contributed by atoms with E-state index < -0.39 is 10.0 Å². The number of benzene rings is 1. The Bertz CT molecular complexity index is 1110. The molecule has 1 aliphatic heterocycles. The lowest BCUT2D eigenvalue weighted by molar-refractivity contribution is 0.0776. The van der Waals surface area contributed by atoms with Gasteiger partial charge >= 0.3 is 0 Å². The van der Waals surface area contributed by atoms with Crippen LogP contribution in [0, 0.1) is 0 Å². The molecule has 3 aromatic rings. The summed E-state index contributed by atoms with van der Waals surface area (Å²) in [4.78, 5) is 23.1. The van der Waals surface area contributed by atoms with Crippen molar-refractivity contribution in [1.82, 2.24) is 24.2 Å². The lowest BCUT2D eigenvalue weighted by Gasteiger charge is -2.16. The van der Waals surface area contributed by atoms with Gasteiger partial charge in [0.1, 0.15) is 11.2 Å². The molecule has 1 amide bonds. The maximum absolute atomic E-state index is 12.9. The SMILES string of the molecule is CN(Cc1ccccn1)C(=O)c1ncn2c1CNS(=O)(=O)c1ccccc1-2. The van der Waals surface area contributed by atoms with E-state index >= 15 is 0 Å². The topological polar surface area (TPSA) is 97.2 Å². The Morgan fingerprint density at radius 1 is 1.19 bits per heavy atom. The Hall–Kier alpha value is -3.04. The second kappa shape index (κ2) is 6.60. The maximum Gasteiger partial charge on any atom is 0.274 e. The summed E-state index contributed by atoms with van der Waals surface area (Å²) in [5, 5.41) is 0. The molecule has 1 aromatic carbocycles. The number of hydrogen-bond acceptors (Lipinski definition) is 5. The van der Waals surface area contributed by atoms with Crippen molar-refractivity contribution in [3.8, 4) is 5.69 Å². The van der Waals surface area contributed by atoms with Gasteiger partial charge in [0, 0.05) is 13.2 Å². The van der Waals surface area contributed by atoms with E-state index in [1.54, 1.807) is 36.0 Å². The van der Waals surface area contributed by atoms with Gasteiger partial charge in [-0.1, -0.05) is 18.2 Å². The Balaban J connectivity index is 1.71. The van der Waals surface area contributed by atoms with E-state index in [0.717, 1.165) is 5.69 Å². The molecule has 0 unspecified atom stereocenters. The van der Waals surface area contributed by atoms with Gasteiger partial charge in [-0.25, -0.2) is 18.1 Å². The molecule has 8 nitrogen and oxygen atoms in total. The molecule has 138 valence electrons. The third-order valence-corrected chi connectivity index (χ3v) is 5.83. The van der Waals surface area contributed by atoms with Gasteiger partial charge in [0.2, 0.25) is 10.0 Å². The van der Waals surface area contributed by atoms with Crippen molar-refractivity contribution in [2.45, 2.75) is 18.0 Å². The number of rotatable bonds is 3. The first-order chi connectivity index (χ1) is 13.0. The van der Waals surface area contributed by atoms with Crippen LogP contribution in [0.4, 0.5) is 0 Å². The first-order valence-corrected chi connectivity index (χ1v) is 9.76. The van der Waals surface area contributed by atoms with Crippen LogP contribution in [0.5, 0.6) is 0 Å². The first kappa shape index (κ1) is 17.4. The van der Waals surface area contributed by atoms with E-state index in [9.17, 15) is 13.2 Å². The van der Waals surface area contributed by atoms with Gasteiger partial charge in [-0.2, -0.15) is 0 Å². The van der Waals surface area contributed by atoms with Gasteiger partial charge < -0.3 is 4.90 Å². The van der Waals surface area contributed by atoms with Crippen molar-refractivity contribution in [3.05, 3.63) is 72.1 Å². The van der Waals surface area contributed by atoms with E-state index in [0.29, 0.717) is 17.9 Å². The number of para-hydroxylation sites is 1. The minimum absolute atomic E-state index is 0.0183. The molecule has 0 fully saturated rings. The van der Waals surface area contributed by atoms with Crippen LogP contribution < -0.4 is 4.72 Å². The highest BCUT2D eigenvalue weighted by Crippen LogP contribution is 2.26. The molecule has 9 heteroatoms. The molecule has 4 rings (SSSR count). The third kappa shape index (κ3) is 3.11. The van der Waals surface area contributed by atoms with Crippen LogP contribution in [0.1, 0.15) is 21.9 Å². The van der Waals surface area contributed by atoms with Crippen molar-refractivity contribution in [2.75, 3.05) is 7.05 Å². The number of sulfonamides is 1. The summed E-state index contributed by atoms with van der Waals surface area (Å²) in [6.07, 6.45) is 3.15. The standard InChI is InChI=1S/C18H17N5O3S/c1-22(11-13-6-4-5-9-19-13)18(24)17-15-10-21-27(25,26)16-8-3-2-7-14(16)23(15)12-20-17/h2-9,12,21H,10-11H2,1H3. The maximum atomic E-state index is 12.9. The molecule has 0 radical (unpaired) electrons. The summed E-state index contributed by atoms with van der Waals surface area (Å²) in [5.74, 6) is -0.298. The summed E-state index contributed by atoms with van der Waals surface area (Å²) in [6, 6.07) is 12.1. The smallest absolute Gasteiger partial charge is 0.274 e. The molecule has 1 aliphatic rings. The first-order valence-electron chi connectivity index (χ1n) is 8.28. The van der Waals surface area contributed by atoms with Gasteiger partial charge in [-0.05, 0) is 24.3 Å². The van der Waals surface area contributed by atoms with Gasteiger partial charge in [0.05, 0.1) is 30.2 Å². The highest BCUT2D eigenvalue weighted by molar-refractivity contribution is 7.89. The summed E-state index contributed by atoms with van der Waals surface area (Å²) >= 11 is 0.